The largest absolute Gasteiger partial charge is 0.494 e. The lowest BCUT2D eigenvalue weighted by molar-refractivity contribution is 0.0858. The molecule has 0 bridgehead atoms. The van der Waals surface area contributed by atoms with Crippen LogP contribution < -0.4 is 14.8 Å². The molecule has 2 aromatic carbocycles. The summed E-state index contributed by atoms with van der Waals surface area (Å²) in [4.78, 5) is 12.6. The number of ether oxygens (including phenoxy) is 2. The Morgan fingerprint density at radius 1 is 1.18 bits per heavy atom. The molecule has 0 spiro atoms. The number of nitrogens with one attached hydrogen (secondary N) is 2. The van der Waals surface area contributed by atoms with E-state index in [1.165, 1.54) is 12.1 Å². The second kappa shape index (κ2) is 9.07. The van der Waals surface area contributed by atoms with E-state index < -0.39 is 10.0 Å². The van der Waals surface area contributed by atoms with Gasteiger partial charge in [0.05, 0.1) is 28.9 Å². The molecular formula is C20H24N2O5S. The van der Waals surface area contributed by atoms with Crippen molar-refractivity contribution in [2.75, 3.05) is 24.5 Å². The van der Waals surface area contributed by atoms with Gasteiger partial charge in [-0.1, -0.05) is 12.1 Å². The fourth-order valence-corrected chi connectivity index (χ4v) is 4.04. The molecule has 0 saturated carbocycles. The maximum Gasteiger partial charge on any atom is 0.261 e. The Morgan fingerprint density at radius 3 is 2.61 bits per heavy atom. The van der Waals surface area contributed by atoms with Crippen LogP contribution in [0.1, 0.15) is 30.1 Å². The number of anilines is 1. The zero-order valence-electron chi connectivity index (χ0n) is 15.7. The number of para-hydroxylation sites is 1. The molecule has 1 atom stereocenters. The summed E-state index contributed by atoms with van der Waals surface area (Å²) in [6.45, 7) is 3.46. The molecule has 8 heteroatoms. The Labute approximate surface area is 165 Å². The van der Waals surface area contributed by atoms with Crippen molar-refractivity contribution in [2.45, 2.75) is 30.8 Å². The van der Waals surface area contributed by atoms with Gasteiger partial charge in [-0.3, -0.25) is 9.52 Å². The lowest BCUT2D eigenvalue weighted by atomic mass is 10.1. The molecule has 3 rings (SSSR count). The number of carbonyl (C=O) groups is 1. The van der Waals surface area contributed by atoms with Crippen LogP contribution in [0.15, 0.2) is 53.4 Å². The van der Waals surface area contributed by atoms with E-state index in [0.29, 0.717) is 25.5 Å². The molecule has 1 saturated heterocycles. The van der Waals surface area contributed by atoms with E-state index in [1.807, 2.05) is 6.92 Å². The van der Waals surface area contributed by atoms with Gasteiger partial charge in [-0.05, 0) is 56.2 Å². The normalized spacial score (nSPS) is 16.5. The average Bonchev–Trinajstić information content (AvgIpc) is 3.21. The number of rotatable bonds is 8. The summed E-state index contributed by atoms with van der Waals surface area (Å²) < 4.78 is 38.8. The van der Waals surface area contributed by atoms with E-state index in [4.69, 9.17) is 9.47 Å². The number of hydrogen-bond donors (Lipinski definition) is 2. The number of amides is 1. The number of sulfonamides is 1. The van der Waals surface area contributed by atoms with Gasteiger partial charge in [-0.15, -0.1) is 0 Å². The average molecular weight is 404 g/mol. The third-order valence-electron chi connectivity index (χ3n) is 4.38. The molecule has 28 heavy (non-hydrogen) atoms. The topological polar surface area (TPSA) is 93.7 Å². The molecule has 1 amide bonds. The van der Waals surface area contributed by atoms with Crippen molar-refractivity contribution in [2.24, 2.45) is 0 Å². The minimum absolute atomic E-state index is 0.0108. The molecule has 7 nitrogen and oxygen atoms in total. The van der Waals surface area contributed by atoms with E-state index in [-0.39, 0.29) is 28.2 Å². The molecule has 2 aromatic rings. The van der Waals surface area contributed by atoms with Crippen molar-refractivity contribution < 1.29 is 22.7 Å². The first-order valence-corrected chi connectivity index (χ1v) is 10.7. The van der Waals surface area contributed by atoms with Gasteiger partial charge < -0.3 is 14.8 Å². The van der Waals surface area contributed by atoms with E-state index in [2.05, 4.69) is 10.0 Å². The summed E-state index contributed by atoms with van der Waals surface area (Å²) in [6, 6.07) is 12.6. The molecule has 1 heterocycles. The Bertz CT molecular complexity index is 906. The molecule has 2 N–H and O–H groups in total. The molecule has 1 aliphatic rings. The SMILES string of the molecule is CCOc1ccc(S(=O)(=O)Nc2ccccc2C(=O)NC[C@H]2CCCO2)cc1. The lowest BCUT2D eigenvalue weighted by Gasteiger charge is -2.14. The van der Waals surface area contributed by atoms with Gasteiger partial charge in [-0.2, -0.15) is 0 Å². The smallest absolute Gasteiger partial charge is 0.261 e. The van der Waals surface area contributed by atoms with Gasteiger partial charge in [0.15, 0.2) is 0 Å². The highest BCUT2D eigenvalue weighted by Gasteiger charge is 2.20. The fraction of sp³-hybridized carbons (Fsp3) is 0.350. The highest BCUT2D eigenvalue weighted by atomic mass is 32.2. The predicted octanol–water partition coefficient (Wildman–Crippen LogP) is 2.79. The maximum absolute atomic E-state index is 12.7. The summed E-state index contributed by atoms with van der Waals surface area (Å²) in [5.41, 5.74) is 0.483. The van der Waals surface area contributed by atoms with Gasteiger partial charge in [0, 0.05) is 13.2 Å². The van der Waals surface area contributed by atoms with Crippen molar-refractivity contribution in [1.29, 1.82) is 0 Å². The summed E-state index contributed by atoms with van der Waals surface area (Å²) in [6.07, 6.45) is 1.90. The van der Waals surface area contributed by atoms with E-state index >= 15 is 0 Å². The summed E-state index contributed by atoms with van der Waals surface area (Å²) >= 11 is 0. The van der Waals surface area contributed by atoms with Gasteiger partial charge >= 0.3 is 0 Å². The van der Waals surface area contributed by atoms with E-state index in [1.54, 1.807) is 36.4 Å². The lowest BCUT2D eigenvalue weighted by Crippen LogP contribution is -2.32. The number of carbonyl (C=O) groups excluding carboxylic acids is 1. The van der Waals surface area contributed by atoms with Crippen molar-refractivity contribution >= 4 is 21.6 Å². The number of hydrogen-bond acceptors (Lipinski definition) is 5. The van der Waals surface area contributed by atoms with Crippen LogP contribution in [0.3, 0.4) is 0 Å². The van der Waals surface area contributed by atoms with Crippen LogP contribution >= 0.6 is 0 Å². The van der Waals surface area contributed by atoms with Crippen LogP contribution in [0.5, 0.6) is 5.75 Å². The molecule has 0 unspecified atom stereocenters. The molecular weight excluding hydrogens is 380 g/mol. The zero-order valence-corrected chi connectivity index (χ0v) is 16.5. The van der Waals surface area contributed by atoms with Crippen molar-refractivity contribution in [3.8, 4) is 5.75 Å². The standard InChI is InChI=1S/C20H24N2O5S/c1-2-26-15-9-11-17(12-10-15)28(24,25)22-19-8-4-3-7-18(19)20(23)21-14-16-6-5-13-27-16/h3-4,7-12,16,22H,2,5-6,13-14H2,1H3,(H,21,23)/t16-/m1/s1. The van der Waals surface area contributed by atoms with Gasteiger partial charge in [-0.25, -0.2) is 8.42 Å². The first kappa shape index (κ1) is 20.2. The Hall–Kier alpha value is -2.58. The van der Waals surface area contributed by atoms with Gasteiger partial charge in [0.1, 0.15) is 5.75 Å². The molecule has 1 aliphatic heterocycles. The quantitative estimate of drug-likeness (QED) is 0.706. The second-order valence-corrected chi connectivity index (χ2v) is 8.08. The molecule has 0 aliphatic carbocycles. The predicted molar refractivity (Wildman–Crippen MR) is 106 cm³/mol. The summed E-state index contributed by atoms with van der Waals surface area (Å²) in [5.74, 6) is 0.246. The minimum Gasteiger partial charge on any atom is -0.494 e. The Kier molecular flexibility index (Phi) is 6.53. The van der Waals surface area contributed by atoms with Crippen LogP contribution in [0.2, 0.25) is 0 Å². The summed E-state index contributed by atoms with van der Waals surface area (Å²) in [7, 11) is -3.84. The van der Waals surface area contributed by atoms with Crippen LogP contribution in [0.25, 0.3) is 0 Å². The molecule has 150 valence electrons. The first-order chi connectivity index (χ1) is 13.5. The third-order valence-corrected chi connectivity index (χ3v) is 5.76. The first-order valence-electron chi connectivity index (χ1n) is 9.24. The van der Waals surface area contributed by atoms with Gasteiger partial charge in [0.25, 0.3) is 15.9 Å². The maximum atomic E-state index is 12.7. The Morgan fingerprint density at radius 2 is 1.93 bits per heavy atom. The molecule has 0 radical (unpaired) electrons. The molecule has 0 aromatic heterocycles. The highest BCUT2D eigenvalue weighted by Crippen LogP contribution is 2.22. The van der Waals surface area contributed by atoms with E-state index in [9.17, 15) is 13.2 Å². The highest BCUT2D eigenvalue weighted by molar-refractivity contribution is 7.92. The second-order valence-electron chi connectivity index (χ2n) is 6.40. The van der Waals surface area contributed by atoms with Crippen LogP contribution in [-0.4, -0.2) is 40.2 Å². The van der Waals surface area contributed by atoms with Crippen molar-refractivity contribution in [3.63, 3.8) is 0 Å². The van der Waals surface area contributed by atoms with Crippen molar-refractivity contribution in [3.05, 3.63) is 54.1 Å². The van der Waals surface area contributed by atoms with Crippen LogP contribution in [0, 0.1) is 0 Å². The van der Waals surface area contributed by atoms with Crippen LogP contribution in [-0.2, 0) is 14.8 Å². The van der Waals surface area contributed by atoms with Gasteiger partial charge in [0.2, 0.25) is 0 Å². The molecule has 1 fully saturated rings. The third kappa shape index (κ3) is 5.02. The zero-order chi connectivity index (χ0) is 20.0. The van der Waals surface area contributed by atoms with E-state index in [0.717, 1.165) is 12.8 Å². The van der Waals surface area contributed by atoms with Crippen molar-refractivity contribution in [1.82, 2.24) is 5.32 Å². The monoisotopic (exact) mass is 404 g/mol. The van der Waals surface area contributed by atoms with Crippen LogP contribution in [0.4, 0.5) is 5.69 Å². The summed E-state index contributed by atoms with van der Waals surface area (Å²) in [5, 5.41) is 2.81. The minimum atomic E-state index is -3.84. The number of benzene rings is 2. The Balaban J connectivity index is 1.73. The fourth-order valence-electron chi connectivity index (χ4n) is 2.96.